The van der Waals surface area contributed by atoms with Gasteiger partial charge in [0.1, 0.15) is 12.4 Å². The Kier molecular flexibility index (Phi) is 4.24. The molecule has 1 aromatic carbocycles. The van der Waals surface area contributed by atoms with Crippen LogP contribution in [0.1, 0.15) is 23.3 Å². The van der Waals surface area contributed by atoms with Crippen molar-refractivity contribution in [1.82, 2.24) is 25.0 Å². The minimum atomic E-state index is -0.461. The first-order valence-corrected chi connectivity index (χ1v) is 7.07. The van der Waals surface area contributed by atoms with Crippen molar-refractivity contribution in [3.05, 3.63) is 53.9 Å². The number of methoxy groups -OCH3 is 2. The molecule has 8 heteroatoms. The van der Waals surface area contributed by atoms with Crippen molar-refractivity contribution in [2.24, 2.45) is 5.73 Å². The summed E-state index contributed by atoms with van der Waals surface area (Å²) in [5.41, 5.74) is 7.09. The van der Waals surface area contributed by atoms with Crippen LogP contribution in [-0.2, 0) is 6.54 Å². The molecule has 0 bridgehead atoms. The summed E-state index contributed by atoms with van der Waals surface area (Å²) in [4.78, 5) is 4.43. The number of benzene rings is 1. The summed E-state index contributed by atoms with van der Waals surface area (Å²) >= 11 is 0. The van der Waals surface area contributed by atoms with Gasteiger partial charge in [-0.1, -0.05) is 6.07 Å². The summed E-state index contributed by atoms with van der Waals surface area (Å²) in [6.45, 7) is 0.513. The molecule has 0 saturated heterocycles. The van der Waals surface area contributed by atoms with E-state index in [2.05, 4.69) is 20.3 Å². The van der Waals surface area contributed by atoms with Gasteiger partial charge in [0.05, 0.1) is 20.3 Å². The van der Waals surface area contributed by atoms with Crippen LogP contribution in [0.5, 0.6) is 11.5 Å². The molecule has 3 N–H and O–H groups in total. The molecule has 3 rings (SSSR count). The SMILES string of the molecule is COc1ccc(C(N)c2n[nH]c(Cn3cccn3)n2)cc1OC. The summed E-state index contributed by atoms with van der Waals surface area (Å²) in [6, 6.07) is 6.90. The molecule has 120 valence electrons. The molecule has 0 saturated carbocycles. The summed E-state index contributed by atoms with van der Waals surface area (Å²) in [7, 11) is 3.18. The van der Waals surface area contributed by atoms with Gasteiger partial charge in [0.15, 0.2) is 17.3 Å². The number of hydrogen-bond donors (Lipinski definition) is 2. The van der Waals surface area contributed by atoms with E-state index in [0.717, 1.165) is 5.56 Å². The van der Waals surface area contributed by atoms with E-state index in [9.17, 15) is 0 Å². The van der Waals surface area contributed by atoms with Crippen LogP contribution in [0.2, 0.25) is 0 Å². The summed E-state index contributed by atoms with van der Waals surface area (Å²) in [5.74, 6) is 2.48. The van der Waals surface area contributed by atoms with E-state index in [1.165, 1.54) is 0 Å². The predicted octanol–water partition coefficient (Wildman–Crippen LogP) is 1.11. The first kappa shape index (κ1) is 15.0. The lowest BCUT2D eigenvalue weighted by Gasteiger charge is -2.12. The van der Waals surface area contributed by atoms with Crippen molar-refractivity contribution in [3.63, 3.8) is 0 Å². The molecule has 1 unspecified atom stereocenters. The molecular weight excluding hydrogens is 296 g/mol. The Balaban J connectivity index is 1.80. The summed E-state index contributed by atoms with van der Waals surface area (Å²) in [5, 5.41) is 11.2. The molecule has 0 aliphatic carbocycles. The van der Waals surface area contributed by atoms with Crippen molar-refractivity contribution in [2.45, 2.75) is 12.6 Å². The van der Waals surface area contributed by atoms with E-state index in [1.807, 2.05) is 30.5 Å². The average Bonchev–Trinajstić information content (AvgIpc) is 3.26. The fourth-order valence-electron chi connectivity index (χ4n) is 2.26. The Morgan fingerprint density at radius 1 is 1.26 bits per heavy atom. The lowest BCUT2D eigenvalue weighted by molar-refractivity contribution is 0.354. The smallest absolute Gasteiger partial charge is 0.171 e. The maximum Gasteiger partial charge on any atom is 0.171 e. The second-order valence-corrected chi connectivity index (χ2v) is 4.94. The number of aromatic nitrogens is 5. The Morgan fingerprint density at radius 3 is 2.78 bits per heavy atom. The standard InChI is InChI=1S/C15H18N6O2/c1-22-11-5-4-10(8-12(11)23-2)14(16)15-18-13(19-20-15)9-21-7-3-6-17-21/h3-8,14H,9,16H2,1-2H3,(H,18,19,20). The zero-order valence-corrected chi connectivity index (χ0v) is 12.9. The highest BCUT2D eigenvalue weighted by molar-refractivity contribution is 5.44. The Bertz CT molecular complexity index is 768. The van der Waals surface area contributed by atoms with Crippen molar-refractivity contribution >= 4 is 0 Å². The van der Waals surface area contributed by atoms with Gasteiger partial charge < -0.3 is 15.2 Å². The van der Waals surface area contributed by atoms with Crippen LogP contribution in [0, 0.1) is 0 Å². The van der Waals surface area contributed by atoms with Crippen molar-refractivity contribution in [3.8, 4) is 11.5 Å². The Hall–Kier alpha value is -2.87. The molecule has 2 aromatic heterocycles. The number of nitrogens with one attached hydrogen (secondary N) is 1. The zero-order valence-electron chi connectivity index (χ0n) is 12.9. The van der Waals surface area contributed by atoms with E-state index in [-0.39, 0.29) is 0 Å². The molecule has 0 aliphatic heterocycles. The van der Waals surface area contributed by atoms with Gasteiger partial charge in [-0.3, -0.25) is 9.78 Å². The zero-order chi connectivity index (χ0) is 16.2. The van der Waals surface area contributed by atoms with E-state index in [4.69, 9.17) is 15.2 Å². The third-order valence-corrected chi connectivity index (χ3v) is 3.46. The van der Waals surface area contributed by atoms with Crippen LogP contribution in [-0.4, -0.2) is 39.2 Å². The molecule has 0 aliphatic rings. The lowest BCUT2D eigenvalue weighted by atomic mass is 10.1. The van der Waals surface area contributed by atoms with Crippen LogP contribution in [0.15, 0.2) is 36.7 Å². The largest absolute Gasteiger partial charge is 0.493 e. The average molecular weight is 314 g/mol. The van der Waals surface area contributed by atoms with Gasteiger partial charge >= 0.3 is 0 Å². The van der Waals surface area contributed by atoms with Gasteiger partial charge in [-0.2, -0.15) is 10.2 Å². The third-order valence-electron chi connectivity index (χ3n) is 3.46. The van der Waals surface area contributed by atoms with Crippen LogP contribution in [0.25, 0.3) is 0 Å². The number of rotatable bonds is 6. The second kappa shape index (κ2) is 6.49. The predicted molar refractivity (Wildman–Crippen MR) is 83.3 cm³/mol. The van der Waals surface area contributed by atoms with Crippen LogP contribution < -0.4 is 15.2 Å². The minimum Gasteiger partial charge on any atom is -0.493 e. The molecule has 0 amide bonds. The highest BCUT2D eigenvalue weighted by Crippen LogP contribution is 2.30. The third kappa shape index (κ3) is 3.16. The molecule has 0 fully saturated rings. The van der Waals surface area contributed by atoms with Crippen molar-refractivity contribution in [1.29, 1.82) is 0 Å². The van der Waals surface area contributed by atoms with E-state index < -0.39 is 6.04 Å². The van der Waals surface area contributed by atoms with Gasteiger partial charge in [0.2, 0.25) is 0 Å². The van der Waals surface area contributed by atoms with Gasteiger partial charge in [-0.15, -0.1) is 0 Å². The molecule has 0 spiro atoms. The fourth-order valence-corrected chi connectivity index (χ4v) is 2.26. The highest BCUT2D eigenvalue weighted by atomic mass is 16.5. The van der Waals surface area contributed by atoms with Crippen LogP contribution in [0.4, 0.5) is 0 Å². The maximum atomic E-state index is 6.25. The highest BCUT2D eigenvalue weighted by Gasteiger charge is 2.17. The monoisotopic (exact) mass is 314 g/mol. The molecule has 0 radical (unpaired) electrons. The first-order chi connectivity index (χ1) is 11.2. The molecule has 8 nitrogen and oxygen atoms in total. The number of hydrogen-bond acceptors (Lipinski definition) is 6. The maximum absolute atomic E-state index is 6.25. The normalized spacial score (nSPS) is 12.1. The second-order valence-electron chi connectivity index (χ2n) is 4.94. The first-order valence-electron chi connectivity index (χ1n) is 7.07. The van der Waals surface area contributed by atoms with Gasteiger partial charge in [0.25, 0.3) is 0 Å². The molecule has 3 aromatic rings. The number of nitrogens with zero attached hydrogens (tertiary/aromatic N) is 4. The molecule has 2 heterocycles. The van der Waals surface area contributed by atoms with E-state index in [0.29, 0.717) is 29.7 Å². The topological polar surface area (TPSA) is 104 Å². The summed E-state index contributed by atoms with van der Waals surface area (Å²) in [6.07, 6.45) is 3.57. The van der Waals surface area contributed by atoms with E-state index >= 15 is 0 Å². The number of H-pyrrole nitrogens is 1. The molecule has 1 atom stereocenters. The van der Waals surface area contributed by atoms with Crippen LogP contribution >= 0.6 is 0 Å². The number of aromatic amines is 1. The Labute approximate surface area is 133 Å². The minimum absolute atomic E-state index is 0.461. The van der Waals surface area contributed by atoms with Gasteiger partial charge in [0, 0.05) is 12.4 Å². The summed E-state index contributed by atoms with van der Waals surface area (Å²) < 4.78 is 12.3. The molecule has 23 heavy (non-hydrogen) atoms. The quantitative estimate of drug-likeness (QED) is 0.706. The van der Waals surface area contributed by atoms with Crippen molar-refractivity contribution in [2.75, 3.05) is 14.2 Å². The van der Waals surface area contributed by atoms with E-state index in [1.54, 1.807) is 25.1 Å². The lowest BCUT2D eigenvalue weighted by Crippen LogP contribution is -2.14. The number of nitrogens with two attached hydrogens (primary N) is 1. The van der Waals surface area contributed by atoms with Crippen LogP contribution in [0.3, 0.4) is 0 Å². The fraction of sp³-hybridized carbons (Fsp3) is 0.267. The molecular formula is C15H18N6O2. The number of ether oxygens (including phenoxy) is 2. The van der Waals surface area contributed by atoms with Gasteiger partial charge in [-0.25, -0.2) is 4.98 Å². The van der Waals surface area contributed by atoms with Gasteiger partial charge in [-0.05, 0) is 23.8 Å². The van der Waals surface area contributed by atoms with Crippen molar-refractivity contribution < 1.29 is 9.47 Å². The Morgan fingerprint density at radius 2 is 2.09 bits per heavy atom.